The van der Waals surface area contributed by atoms with Crippen LogP contribution in [0.2, 0.25) is 0 Å². The number of esters is 2. The summed E-state index contributed by atoms with van der Waals surface area (Å²) in [5.74, 6) is -2.29. The van der Waals surface area contributed by atoms with Gasteiger partial charge in [0, 0.05) is 0 Å². The van der Waals surface area contributed by atoms with Crippen molar-refractivity contribution in [1.29, 1.82) is 0 Å². The zero-order chi connectivity index (χ0) is 14.5. The molecule has 0 spiro atoms. The van der Waals surface area contributed by atoms with E-state index in [1.165, 1.54) is 6.92 Å². The van der Waals surface area contributed by atoms with Gasteiger partial charge in [0.15, 0.2) is 5.92 Å². The maximum atomic E-state index is 11.9. The van der Waals surface area contributed by atoms with Crippen molar-refractivity contribution >= 4 is 11.9 Å². The van der Waals surface area contributed by atoms with Crippen molar-refractivity contribution in [1.82, 2.24) is 0 Å². The van der Waals surface area contributed by atoms with E-state index in [1.807, 2.05) is 0 Å². The molecule has 110 valence electrons. The first-order chi connectivity index (χ1) is 8.92. The van der Waals surface area contributed by atoms with Crippen LogP contribution in [0.15, 0.2) is 0 Å². The maximum absolute atomic E-state index is 11.9. The molecule has 5 heteroatoms. The summed E-state index contributed by atoms with van der Waals surface area (Å²) in [6.45, 7) is 5.20. The number of ether oxygens (including phenoxy) is 2. The molecule has 0 amide bonds. The Morgan fingerprint density at radius 2 is 1.68 bits per heavy atom. The number of hydrogen-bond donors (Lipinski definition) is 1. The van der Waals surface area contributed by atoms with E-state index in [0.29, 0.717) is 12.3 Å². The second-order valence-electron chi connectivity index (χ2n) is 5.30. The highest BCUT2D eigenvalue weighted by Gasteiger charge is 2.46. The zero-order valence-electron chi connectivity index (χ0n) is 12.0. The lowest BCUT2D eigenvalue weighted by atomic mass is 9.73. The predicted octanol–water partition coefficient (Wildman–Crippen LogP) is 1.67. The van der Waals surface area contributed by atoms with Gasteiger partial charge in [-0.3, -0.25) is 9.59 Å². The van der Waals surface area contributed by atoms with E-state index in [1.54, 1.807) is 13.8 Å². The predicted molar refractivity (Wildman–Crippen MR) is 69.3 cm³/mol. The minimum absolute atomic E-state index is 0.175. The highest BCUT2D eigenvalue weighted by molar-refractivity contribution is 5.96. The van der Waals surface area contributed by atoms with Crippen molar-refractivity contribution in [3.05, 3.63) is 0 Å². The van der Waals surface area contributed by atoms with Gasteiger partial charge in [0.1, 0.15) is 0 Å². The third-order valence-corrected chi connectivity index (χ3v) is 3.59. The van der Waals surface area contributed by atoms with Crippen LogP contribution in [0.3, 0.4) is 0 Å². The average Bonchev–Trinajstić information content (AvgIpc) is 2.24. The van der Waals surface area contributed by atoms with Crippen LogP contribution in [0.4, 0.5) is 0 Å². The SMILES string of the molecule is CCOC(=O)C(C(=O)OCC)C(C)(O)CC1CCC1. The fourth-order valence-corrected chi connectivity index (χ4v) is 2.45. The fraction of sp³-hybridized carbons (Fsp3) is 0.857. The molecule has 1 N–H and O–H groups in total. The minimum atomic E-state index is -1.41. The van der Waals surface area contributed by atoms with E-state index in [0.717, 1.165) is 19.3 Å². The van der Waals surface area contributed by atoms with Gasteiger partial charge in [0.2, 0.25) is 0 Å². The summed E-state index contributed by atoms with van der Waals surface area (Å²) in [6, 6.07) is 0. The Labute approximate surface area is 114 Å². The molecule has 0 saturated heterocycles. The highest BCUT2D eigenvalue weighted by atomic mass is 16.6. The molecule has 0 aromatic rings. The molecule has 1 fully saturated rings. The van der Waals surface area contributed by atoms with Crippen molar-refractivity contribution in [2.24, 2.45) is 11.8 Å². The minimum Gasteiger partial charge on any atom is -0.465 e. The molecule has 1 saturated carbocycles. The molecule has 5 nitrogen and oxygen atoms in total. The number of carbonyl (C=O) groups excluding carboxylic acids is 2. The lowest BCUT2D eigenvalue weighted by molar-refractivity contribution is -0.175. The molecule has 1 rings (SSSR count). The Kier molecular flexibility index (Phi) is 5.79. The summed E-state index contributed by atoms with van der Waals surface area (Å²) in [5.41, 5.74) is -1.41. The van der Waals surface area contributed by atoms with Crippen molar-refractivity contribution in [3.8, 4) is 0 Å². The standard InChI is InChI=1S/C14H24O5/c1-4-18-12(15)11(13(16)19-5-2)14(3,17)9-10-7-6-8-10/h10-11,17H,4-9H2,1-3H3. The molecule has 1 aliphatic carbocycles. The van der Waals surface area contributed by atoms with Crippen molar-refractivity contribution < 1.29 is 24.2 Å². The molecule has 1 unspecified atom stereocenters. The normalized spacial score (nSPS) is 18.6. The van der Waals surface area contributed by atoms with Gasteiger partial charge in [0.05, 0.1) is 18.8 Å². The van der Waals surface area contributed by atoms with Gasteiger partial charge in [-0.1, -0.05) is 19.3 Å². The van der Waals surface area contributed by atoms with Crippen LogP contribution in [-0.2, 0) is 19.1 Å². The van der Waals surface area contributed by atoms with Crippen LogP contribution in [0, 0.1) is 11.8 Å². The van der Waals surface area contributed by atoms with Gasteiger partial charge in [-0.25, -0.2) is 0 Å². The molecule has 1 aliphatic rings. The van der Waals surface area contributed by atoms with Gasteiger partial charge >= 0.3 is 11.9 Å². The smallest absolute Gasteiger partial charge is 0.323 e. The zero-order valence-corrected chi connectivity index (χ0v) is 12.0. The quantitative estimate of drug-likeness (QED) is 0.564. The van der Waals surface area contributed by atoms with Gasteiger partial charge in [-0.15, -0.1) is 0 Å². The first-order valence-corrected chi connectivity index (χ1v) is 6.98. The Morgan fingerprint density at radius 3 is 2.00 bits per heavy atom. The average molecular weight is 272 g/mol. The lowest BCUT2D eigenvalue weighted by Crippen LogP contribution is -2.48. The van der Waals surface area contributed by atoms with Gasteiger partial charge in [0.25, 0.3) is 0 Å². The Morgan fingerprint density at radius 1 is 1.21 bits per heavy atom. The van der Waals surface area contributed by atoms with E-state index in [4.69, 9.17) is 9.47 Å². The lowest BCUT2D eigenvalue weighted by Gasteiger charge is -2.36. The maximum Gasteiger partial charge on any atom is 0.323 e. The molecular formula is C14H24O5. The highest BCUT2D eigenvalue weighted by Crippen LogP contribution is 2.37. The Bertz CT molecular complexity index is 302. The molecule has 0 bridgehead atoms. The fourth-order valence-electron chi connectivity index (χ4n) is 2.45. The van der Waals surface area contributed by atoms with Crippen LogP contribution in [-0.4, -0.2) is 35.9 Å². The molecule has 1 atom stereocenters. The van der Waals surface area contributed by atoms with Gasteiger partial charge in [-0.05, 0) is 33.1 Å². The van der Waals surface area contributed by atoms with Crippen LogP contribution in [0.25, 0.3) is 0 Å². The van der Waals surface area contributed by atoms with Crippen molar-refractivity contribution in [2.45, 2.75) is 52.1 Å². The Hall–Kier alpha value is -1.10. The first-order valence-electron chi connectivity index (χ1n) is 6.98. The Balaban J connectivity index is 2.79. The first kappa shape index (κ1) is 16.0. The number of carbonyl (C=O) groups is 2. The topological polar surface area (TPSA) is 72.8 Å². The van der Waals surface area contributed by atoms with Crippen LogP contribution in [0.5, 0.6) is 0 Å². The third kappa shape index (κ3) is 4.20. The summed E-state index contributed by atoms with van der Waals surface area (Å²) in [6.07, 6.45) is 3.64. The summed E-state index contributed by atoms with van der Waals surface area (Å²) in [5, 5.41) is 10.5. The molecule has 19 heavy (non-hydrogen) atoms. The summed E-state index contributed by atoms with van der Waals surface area (Å²) in [7, 11) is 0. The van der Waals surface area contributed by atoms with Crippen LogP contribution in [0.1, 0.15) is 46.5 Å². The van der Waals surface area contributed by atoms with E-state index in [2.05, 4.69) is 0 Å². The molecule has 0 aromatic heterocycles. The molecular weight excluding hydrogens is 248 g/mol. The largest absolute Gasteiger partial charge is 0.465 e. The van der Waals surface area contributed by atoms with Crippen molar-refractivity contribution in [2.75, 3.05) is 13.2 Å². The summed E-state index contributed by atoms with van der Waals surface area (Å²) >= 11 is 0. The monoisotopic (exact) mass is 272 g/mol. The van der Waals surface area contributed by atoms with Gasteiger partial charge < -0.3 is 14.6 Å². The van der Waals surface area contributed by atoms with E-state index < -0.39 is 23.5 Å². The van der Waals surface area contributed by atoms with E-state index in [-0.39, 0.29) is 13.2 Å². The molecule has 0 heterocycles. The van der Waals surface area contributed by atoms with Crippen LogP contribution >= 0.6 is 0 Å². The number of hydrogen-bond acceptors (Lipinski definition) is 5. The molecule has 0 aromatic carbocycles. The molecule has 0 radical (unpaired) electrons. The van der Waals surface area contributed by atoms with Gasteiger partial charge in [-0.2, -0.15) is 0 Å². The van der Waals surface area contributed by atoms with Crippen molar-refractivity contribution in [3.63, 3.8) is 0 Å². The summed E-state index contributed by atoms with van der Waals surface area (Å²) in [4.78, 5) is 23.8. The number of rotatable bonds is 7. The molecule has 0 aliphatic heterocycles. The third-order valence-electron chi connectivity index (χ3n) is 3.59. The van der Waals surface area contributed by atoms with Crippen LogP contribution < -0.4 is 0 Å². The van der Waals surface area contributed by atoms with E-state index in [9.17, 15) is 14.7 Å². The van der Waals surface area contributed by atoms with E-state index >= 15 is 0 Å². The second kappa shape index (κ2) is 6.89. The number of aliphatic hydroxyl groups is 1. The second-order valence-corrected chi connectivity index (χ2v) is 5.30. The summed E-state index contributed by atoms with van der Waals surface area (Å²) < 4.78 is 9.78.